The molecular formula is C64H130N9O9P3. The molecule has 500 valence electrons. The van der Waals surface area contributed by atoms with Gasteiger partial charge in [-0.25, -0.2) is 13.7 Å². The zero-order valence-corrected chi connectivity index (χ0v) is 58.9. The summed E-state index contributed by atoms with van der Waals surface area (Å²) < 4.78 is 94.9. The first-order valence-corrected chi connectivity index (χ1v) is 39.6. The van der Waals surface area contributed by atoms with Gasteiger partial charge in [-0.1, -0.05) is 227 Å². The second-order valence-corrected chi connectivity index (χ2v) is 29.7. The van der Waals surface area contributed by atoms with Gasteiger partial charge in [0.25, 0.3) is 0 Å². The molecule has 0 aromatic rings. The zero-order valence-electron chi connectivity index (χ0n) is 56.2. The normalized spacial score (nSPS) is 18.6. The molecule has 0 bridgehead atoms. The van der Waals surface area contributed by atoms with Crippen LogP contribution in [0.3, 0.4) is 0 Å². The first-order valence-electron chi connectivity index (χ1n) is 35.1. The van der Waals surface area contributed by atoms with E-state index in [0.717, 1.165) is 130 Å². The number of guanidine groups is 3. The van der Waals surface area contributed by atoms with Crippen molar-refractivity contribution in [3.05, 3.63) is 0 Å². The Morgan fingerprint density at radius 2 is 0.541 bits per heavy atom. The lowest BCUT2D eigenvalue weighted by Crippen LogP contribution is -2.32. The topological polar surface area (TPSA) is 163 Å². The van der Waals surface area contributed by atoms with Crippen LogP contribution < -0.4 is 0 Å². The van der Waals surface area contributed by atoms with Crippen molar-refractivity contribution in [1.82, 2.24) is 29.4 Å². The summed E-state index contributed by atoms with van der Waals surface area (Å²) in [6.45, 7) is 20.0. The highest BCUT2D eigenvalue weighted by Gasteiger charge is 2.35. The molecule has 0 saturated carbocycles. The lowest BCUT2D eigenvalue weighted by atomic mass is 10.1. The van der Waals surface area contributed by atoms with Crippen molar-refractivity contribution < 1.29 is 40.8 Å². The number of unbranched alkanes of at least 4 members (excludes halogenated alkanes) is 31. The van der Waals surface area contributed by atoms with Gasteiger partial charge in [0.15, 0.2) is 0 Å². The molecule has 0 aromatic heterocycles. The van der Waals surface area contributed by atoms with Crippen LogP contribution in [0.5, 0.6) is 0 Å². The van der Waals surface area contributed by atoms with Gasteiger partial charge in [-0.2, -0.15) is 0 Å². The smallest absolute Gasteiger partial charge is 0.344 e. The minimum absolute atomic E-state index is 0.000738. The molecule has 0 radical (unpaired) electrons. The lowest BCUT2D eigenvalue weighted by Gasteiger charge is -2.24. The summed E-state index contributed by atoms with van der Waals surface area (Å²) in [6, 6.07) is 0. The predicted molar refractivity (Wildman–Crippen MR) is 357 cm³/mol. The van der Waals surface area contributed by atoms with Gasteiger partial charge in [-0.15, -0.1) is 14.3 Å². The van der Waals surface area contributed by atoms with E-state index < -0.39 is 29.3 Å². The van der Waals surface area contributed by atoms with E-state index in [9.17, 15) is 13.7 Å². The van der Waals surface area contributed by atoms with Crippen LogP contribution in [0, 0.1) is 0 Å². The SMILES string of the molecule is CCCCCCCCCCCCN1CCN(C)/C1=N\P(=O)(OCCCCCCC)OCCCOP(=O)(/N=C1\N(C)CCN1CCCCCCCCCCCC)OCCCOP(=O)(/N=C1\N(C)CCN1CCCCCCCCCCCC)OC(C)C. The molecule has 0 spiro atoms. The highest BCUT2D eigenvalue weighted by molar-refractivity contribution is 7.53. The average Bonchev–Trinajstić information content (AvgIpc) is 3.48. The summed E-state index contributed by atoms with van der Waals surface area (Å²) in [7, 11) is -6.13. The van der Waals surface area contributed by atoms with Crippen LogP contribution in [0.15, 0.2) is 14.3 Å². The summed E-state index contributed by atoms with van der Waals surface area (Å²) >= 11 is 0. The third-order valence-electron chi connectivity index (χ3n) is 16.4. The first-order chi connectivity index (χ1) is 41.2. The van der Waals surface area contributed by atoms with E-state index in [1.54, 1.807) is 0 Å². The van der Waals surface area contributed by atoms with Gasteiger partial charge in [-0.05, 0) is 52.4 Å². The van der Waals surface area contributed by atoms with E-state index in [2.05, 4.69) is 42.4 Å². The molecule has 3 rings (SSSR count). The number of likely N-dealkylation sites (N-methyl/N-ethyl adjacent to an activating group) is 3. The molecule has 18 nitrogen and oxygen atoms in total. The average molecular weight is 1260 g/mol. The Labute approximate surface area is 521 Å². The van der Waals surface area contributed by atoms with Gasteiger partial charge in [0.2, 0.25) is 17.9 Å². The fraction of sp³-hybridized carbons (Fsp3) is 0.953. The van der Waals surface area contributed by atoms with E-state index in [1.165, 1.54) is 154 Å². The Balaban J connectivity index is 1.70. The van der Waals surface area contributed by atoms with Gasteiger partial charge in [-0.3, -0.25) is 27.1 Å². The fourth-order valence-electron chi connectivity index (χ4n) is 11.2. The lowest BCUT2D eigenvalue weighted by molar-refractivity contribution is 0.151. The van der Waals surface area contributed by atoms with Crippen LogP contribution in [-0.2, 0) is 40.8 Å². The molecule has 3 saturated heterocycles. The van der Waals surface area contributed by atoms with Crippen molar-refractivity contribution in [2.24, 2.45) is 14.3 Å². The number of rotatable bonds is 57. The molecule has 85 heavy (non-hydrogen) atoms. The molecule has 3 unspecified atom stereocenters. The second kappa shape index (κ2) is 48.1. The second-order valence-electron chi connectivity index (χ2n) is 24.8. The third-order valence-corrected chi connectivity index (χ3v) is 20.9. The largest absolute Gasteiger partial charge is 0.457 e. The Bertz CT molecular complexity index is 1920. The molecule has 0 aromatic carbocycles. The summed E-state index contributed by atoms with van der Waals surface area (Å²) in [4.78, 5) is 12.7. The summed E-state index contributed by atoms with van der Waals surface area (Å²) in [5, 5.41) is 0. The third kappa shape index (κ3) is 35.5. The van der Waals surface area contributed by atoms with Crippen LogP contribution in [-0.4, -0.2) is 166 Å². The minimum Gasteiger partial charge on any atom is -0.344 e. The van der Waals surface area contributed by atoms with Crippen LogP contribution in [0.1, 0.15) is 279 Å². The maximum atomic E-state index is 14.9. The van der Waals surface area contributed by atoms with Gasteiger partial charge < -0.3 is 29.4 Å². The van der Waals surface area contributed by atoms with Crippen molar-refractivity contribution >= 4 is 41.1 Å². The highest BCUT2D eigenvalue weighted by Crippen LogP contribution is 2.54. The van der Waals surface area contributed by atoms with Gasteiger partial charge in [0, 0.05) is 80.0 Å². The Morgan fingerprint density at radius 1 is 0.318 bits per heavy atom. The summed E-state index contributed by atoms with van der Waals surface area (Å²) in [5.41, 5.74) is 0. The fourth-order valence-corrected chi connectivity index (χ4v) is 15.5. The van der Waals surface area contributed by atoms with E-state index in [1.807, 2.05) is 49.7 Å². The summed E-state index contributed by atoms with van der Waals surface area (Å²) in [6.07, 6.45) is 43.0. The van der Waals surface area contributed by atoms with Crippen molar-refractivity contribution in [2.75, 3.05) is 113 Å². The Morgan fingerprint density at radius 3 is 0.812 bits per heavy atom. The molecule has 3 aliphatic heterocycles. The zero-order chi connectivity index (χ0) is 61.7. The van der Waals surface area contributed by atoms with Crippen molar-refractivity contribution in [2.45, 2.75) is 285 Å². The van der Waals surface area contributed by atoms with Crippen LogP contribution in [0.2, 0.25) is 0 Å². The quantitative estimate of drug-likeness (QED) is 0.0417. The highest BCUT2D eigenvalue weighted by atomic mass is 31.2. The molecule has 3 heterocycles. The molecule has 0 aliphatic carbocycles. The van der Waals surface area contributed by atoms with E-state index in [4.69, 9.17) is 41.4 Å². The number of nitrogens with zero attached hydrogens (tertiary/aromatic N) is 9. The van der Waals surface area contributed by atoms with E-state index >= 15 is 0 Å². The molecule has 3 atom stereocenters. The maximum absolute atomic E-state index is 14.9. The van der Waals surface area contributed by atoms with Crippen molar-refractivity contribution in [1.29, 1.82) is 0 Å². The van der Waals surface area contributed by atoms with E-state index in [-0.39, 0.29) is 45.9 Å². The molecule has 3 aliphatic rings. The summed E-state index contributed by atoms with van der Waals surface area (Å²) in [5.74, 6) is 1.85. The van der Waals surface area contributed by atoms with Crippen LogP contribution in [0.4, 0.5) is 0 Å². The van der Waals surface area contributed by atoms with Gasteiger partial charge in [0.05, 0.1) is 39.1 Å². The Kier molecular flexibility index (Phi) is 43.9. The monoisotopic (exact) mass is 1260 g/mol. The Hall–Kier alpha value is -1.74. The van der Waals surface area contributed by atoms with Gasteiger partial charge >= 0.3 is 23.2 Å². The number of hydrogen-bond acceptors (Lipinski definition) is 9. The van der Waals surface area contributed by atoms with E-state index in [0.29, 0.717) is 17.9 Å². The molecule has 0 amide bonds. The first kappa shape index (κ1) is 77.5. The minimum atomic E-state index is -4.15. The molecule has 0 N–H and O–H groups in total. The predicted octanol–water partition coefficient (Wildman–Crippen LogP) is 18.1. The maximum Gasteiger partial charge on any atom is 0.457 e. The van der Waals surface area contributed by atoms with Crippen molar-refractivity contribution in [3.8, 4) is 0 Å². The van der Waals surface area contributed by atoms with Crippen LogP contribution in [0.25, 0.3) is 0 Å². The van der Waals surface area contributed by atoms with Gasteiger partial charge in [0.1, 0.15) is 0 Å². The molecular weight excluding hydrogens is 1130 g/mol. The number of hydrogen-bond donors (Lipinski definition) is 0. The molecule has 3 fully saturated rings. The molecule has 21 heteroatoms. The van der Waals surface area contributed by atoms with Crippen LogP contribution >= 0.6 is 23.2 Å². The standard InChI is InChI=1S/C64H130N9O9P3/c1-10-14-18-22-25-28-31-34-37-41-47-71-53-50-68(7)62(71)65-83(74,77-56-44-40-21-17-13-4)78-57-45-58-79-84(75,66-63-69(8)51-54-72(63)48-42-38-35-32-29-26-23-19-15-11-2)80-59-46-60-81-85(76,82-61(5)6)67-64-70(9)52-55-73(64)49-43-39-36-33-30-27-24-20-16-12-3/h61H,10-60H2,1-9H3/b65-62+,66-63+,67-64+. The van der Waals surface area contributed by atoms with Crippen molar-refractivity contribution in [3.63, 3.8) is 0 Å².